The summed E-state index contributed by atoms with van der Waals surface area (Å²) in [6.45, 7) is 0.748. The number of nitrogens with one attached hydrogen (secondary N) is 1. The van der Waals surface area contributed by atoms with E-state index in [9.17, 15) is 0 Å². The molecule has 2 unspecified atom stereocenters. The molecular formula is C17H23NO2. The Bertz CT molecular complexity index is 484. The van der Waals surface area contributed by atoms with Crippen LogP contribution in [0.25, 0.3) is 0 Å². The van der Waals surface area contributed by atoms with Gasteiger partial charge in [0.1, 0.15) is 11.5 Å². The number of benzene rings is 1. The molecule has 1 aromatic rings. The maximum atomic E-state index is 5.83. The molecule has 2 bridgehead atoms. The highest BCUT2D eigenvalue weighted by Crippen LogP contribution is 2.27. The lowest BCUT2D eigenvalue weighted by atomic mass is 9.86. The van der Waals surface area contributed by atoms with Gasteiger partial charge in [-0.2, -0.15) is 0 Å². The van der Waals surface area contributed by atoms with Crippen molar-refractivity contribution < 1.29 is 9.47 Å². The normalized spacial score (nSPS) is 24.9. The summed E-state index contributed by atoms with van der Waals surface area (Å²) in [4.78, 5) is 0. The van der Waals surface area contributed by atoms with Gasteiger partial charge in [-0.3, -0.25) is 0 Å². The molecule has 3 nitrogen and oxygen atoms in total. The number of methoxy groups -OCH3 is 1. The summed E-state index contributed by atoms with van der Waals surface area (Å²) in [6, 6.07) is 9.12. The second-order valence-corrected chi connectivity index (χ2v) is 5.71. The number of hydrogen-bond acceptors (Lipinski definition) is 3. The van der Waals surface area contributed by atoms with Gasteiger partial charge in [-0.05, 0) is 31.4 Å². The first-order valence-corrected chi connectivity index (χ1v) is 7.56. The zero-order chi connectivity index (χ0) is 13.8. The maximum Gasteiger partial charge on any atom is 0.122 e. The summed E-state index contributed by atoms with van der Waals surface area (Å²) >= 11 is 0. The van der Waals surface area contributed by atoms with Crippen LogP contribution in [0.1, 0.15) is 32.1 Å². The van der Waals surface area contributed by atoms with Crippen LogP contribution in [-0.2, 0) is 0 Å². The molecule has 0 radical (unpaired) electrons. The quantitative estimate of drug-likeness (QED) is 0.835. The van der Waals surface area contributed by atoms with Gasteiger partial charge in [0.25, 0.3) is 0 Å². The molecule has 3 heteroatoms. The Morgan fingerprint density at radius 1 is 1.25 bits per heavy atom. The van der Waals surface area contributed by atoms with E-state index in [1.54, 1.807) is 12.7 Å². The molecule has 1 saturated heterocycles. The summed E-state index contributed by atoms with van der Waals surface area (Å²) in [7, 11) is 1.68. The van der Waals surface area contributed by atoms with E-state index in [-0.39, 0.29) is 0 Å². The van der Waals surface area contributed by atoms with Gasteiger partial charge in [-0.1, -0.05) is 24.1 Å². The summed E-state index contributed by atoms with van der Waals surface area (Å²) in [5.74, 6) is 1.73. The van der Waals surface area contributed by atoms with Crippen molar-refractivity contribution in [2.75, 3.05) is 13.7 Å². The topological polar surface area (TPSA) is 30.5 Å². The predicted molar refractivity (Wildman–Crippen MR) is 80.4 cm³/mol. The van der Waals surface area contributed by atoms with Crippen LogP contribution < -0.4 is 14.8 Å². The first-order chi connectivity index (χ1) is 9.83. The van der Waals surface area contributed by atoms with E-state index in [1.807, 2.05) is 24.3 Å². The van der Waals surface area contributed by atoms with Gasteiger partial charge >= 0.3 is 0 Å². The third-order valence-electron chi connectivity index (χ3n) is 4.20. The van der Waals surface area contributed by atoms with Crippen molar-refractivity contribution in [1.29, 1.82) is 0 Å². The molecule has 0 amide bonds. The molecule has 2 atom stereocenters. The van der Waals surface area contributed by atoms with Gasteiger partial charge in [0, 0.05) is 24.6 Å². The van der Waals surface area contributed by atoms with Crippen molar-refractivity contribution in [3.8, 4) is 11.5 Å². The summed E-state index contributed by atoms with van der Waals surface area (Å²) in [5, 5.41) is 3.67. The summed E-state index contributed by atoms with van der Waals surface area (Å²) in [6.07, 6.45) is 8.63. The van der Waals surface area contributed by atoms with Crippen LogP contribution in [0.2, 0.25) is 0 Å². The van der Waals surface area contributed by atoms with E-state index in [2.05, 4.69) is 11.4 Å². The SMILES string of the molecule is COc1cccc(OCCC2=CC3CCCC(C2)N3)c1. The molecule has 0 aromatic heterocycles. The lowest BCUT2D eigenvalue weighted by Crippen LogP contribution is -2.44. The van der Waals surface area contributed by atoms with E-state index < -0.39 is 0 Å². The molecule has 1 N–H and O–H groups in total. The molecule has 1 aromatic carbocycles. The number of hydrogen-bond donors (Lipinski definition) is 1. The van der Waals surface area contributed by atoms with Crippen LogP contribution in [0, 0.1) is 0 Å². The fourth-order valence-corrected chi connectivity index (χ4v) is 3.19. The highest BCUT2D eigenvalue weighted by Gasteiger charge is 2.24. The second-order valence-electron chi connectivity index (χ2n) is 5.71. The summed E-state index contributed by atoms with van der Waals surface area (Å²) in [5.41, 5.74) is 1.56. The van der Waals surface area contributed by atoms with E-state index in [1.165, 1.54) is 25.7 Å². The lowest BCUT2D eigenvalue weighted by molar-refractivity contribution is 0.299. The average Bonchev–Trinajstić information content (AvgIpc) is 2.47. The number of ether oxygens (including phenoxy) is 2. The molecular weight excluding hydrogens is 250 g/mol. The van der Waals surface area contributed by atoms with Crippen molar-refractivity contribution in [2.45, 2.75) is 44.2 Å². The zero-order valence-corrected chi connectivity index (χ0v) is 12.1. The summed E-state index contributed by atoms with van der Waals surface area (Å²) < 4.78 is 11.0. The van der Waals surface area contributed by atoms with Gasteiger partial charge in [0.05, 0.1) is 13.7 Å². The van der Waals surface area contributed by atoms with Crippen LogP contribution in [0.4, 0.5) is 0 Å². The first-order valence-electron chi connectivity index (χ1n) is 7.56. The third kappa shape index (κ3) is 3.34. The van der Waals surface area contributed by atoms with Crippen LogP contribution in [0.5, 0.6) is 11.5 Å². The van der Waals surface area contributed by atoms with Gasteiger partial charge in [0.2, 0.25) is 0 Å². The molecule has 2 aliphatic heterocycles. The molecule has 3 rings (SSSR count). The highest BCUT2D eigenvalue weighted by atomic mass is 16.5. The Balaban J connectivity index is 1.51. The van der Waals surface area contributed by atoms with Gasteiger partial charge in [0.15, 0.2) is 0 Å². The number of fused-ring (bicyclic) bond motifs is 2. The third-order valence-corrected chi connectivity index (χ3v) is 4.20. The van der Waals surface area contributed by atoms with Crippen molar-refractivity contribution >= 4 is 0 Å². The van der Waals surface area contributed by atoms with Gasteiger partial charge in [-0.25, -0.2) is 0 Å². The zero-order valence-electron chi connectivity index (χ0n) is 12.1. The Hall–Kier alpha value is -1.48. The van der Waals surface area contributed by atoms with Crippen LogP contribution in [-0.4, -0.2) is 25.8 Å². The molecule has 2 aliphatic rings. The van der Waals surface area contributed by atoms with Crippen molar-refractivity contribution in [3.63, 3.8) is 0 Å². The van der Waals surface area contributed by atoms with E-state index in [0.717, 1.165) is 24.5 Å². The van der Waals surface area contributed by atoms with Crippen LogP contribution in [0.15, 0.2) is 35.9 Å². The van der Waals surface area contributed by atoms with E-state index in [4.69, 9.17) is 9.47 Å². The molecule has 108 valence electrons. The highest BCUT2D eigenvalue weighted by molar-refractivity contribution is 5.32. The molecule has 0 aliphatic carbocycles. The van der Waals surface area contributed by atoms with Crippen LogP contribution in [0.3, 0.4) is 0 Å². The lowest BCUT2D eigenvalue weighted by Gasteiger charge is -2.35. The van der Waals surface area contributed by atoms with Gasteiger partial charge < -0.3 is 14.8 Å². The first kappa shape index (κ1) is 13.5. The maximum absolute atomic E-state index is 5.83. The molecule has 0 spiro atoms. The minimum Gasteiger partial charge on any atom is -0.497 e. The number of rotatable bonds is 5. The van der Waals surface area contributed by atoms with Crippen molar-refractivity contribution in [1.82, 2.24) is 5.32 Å². The second kappa shape index (κ2) is 6.31. The monoisotopic (exact) mass is 273 g/mol. The van der Waals surface area contributed by atoms with Crippen molar-refractivity contribution in [3.05, 3.63) is 35.9 Å². The molecule has 1 fully saturated rings. The minimum atomic E-state index is 0.606. The van der Waals surface area contributed by atoms with Crippen LogP contribution >= 0.6 is 0 Å². The van der Waals surface area contributed by atoms with Crippen molar-refractivity contribution in [2.24, 2.45) is 0 Å². The standard InChI is InChI=1S/C17H23NO2/c1-19-16-6-3-7-17(12-16)20-9-8-13-10-14-4-2-5-15(11-13)18-14/h3,6-7,10,12,14-15,18H,2,4-5,8-9,11H2,1H3. The number of piperidine rings is 1. The molecule has 2 heterocycles. The fourth-order valence-electron chi connectivity index (χ4n) is 3.19. The minimum absolute atomic E-state index is 0.606. The predicted octanol–water partition coefficient (Wildman–Crippen LogP) is 3.30. The molecule has 20 heavy (non-hydrogen) atoms. The van der Waals surface area contributed by atoms with E-state index in [0.29, 0.717) is 12.1 Å². The smallest absolute Gasteiger partial charge is 0.122 e. The Kier molecular flexibility index (Phi) is 4.26. The van der Waals surface area contributed by atoms with Gasteiger partial charge in [-0.15, -0.1) is 0 Å². The Labute approximate surface area is 121 Å². The Morgan fingerprint density at radius 3 is 3.00 bits per heavy atom. The average molecular weight is 273 g/mol. The fraction of sp³-hybridized carbons (Fsp3) is 0.529. The Morgan fingerprint density at radius 2 is 2.15 bits per heavy atom. The largest absolute Gasteiger partial charge is 0.497 e. The molecule has 0 saturated carbocycles. The van der Waals surface area contributed by atoms with E-state index >= 15 is 0 Å².